The van der Waals surface area contributed by atoms with Gasteiger partial charge in [-0.1, -0.05) is 6.92 Å². The van der Waals surface area contributed by atoms with Gasteiger partial charge in [0.05, 0.1) is 16.9 Å². The Labute approximate surface area is 106 Å². The molecule has 4 nitrogen and oxygen atoms in total. The van der Waals surface area contributed by atoms with Crippen molar-refractivity contribution in [1.82, 2.24) is 0 Å². The molecule has 1 atom stereocenters. The lowest BCUT2D eigenvalue weighted by Crippen LogP contribution is -2.19. The first-order chi connectivity index (χ1) is 8.04. The first-order valence-electron chi connectivity index (χ1n) is 5.51. The minimum Gasteiger partial charge on any atom is -0.478 e. The third kappa shape index (κ3) is 4.19. The number of benzene rings is 1. The molecule has 0 aliphatic heterocycles. The van der Waals surface area contributed by atoms with Crippen LogP contribution in [0.4, 0.5) is 11.4 Å². The predicted molar refractivity (Wildman–Crippen MR) is 73.9 cm³/mol. The van der Waals surface area contributed by atoms with Gasteiger partial charge >= 0.3 is 5.97 Å². The van der Waals surface area contributed by atoms with Gasteiger partial charge in [-0.2, -0.15) is 11.8 Å². The highest BCUT2D eigenvalue weighted by molar-refractivity contribution is 7.99. The zero-order valence-electron chi connectivity index (χ0n) is 10.1. The standard InChI is InChI=1S/C12H18N2O2S/c1-3-17-7-8(2)14-11-5-4-9(12(15)16)6-10(11)13/h4-6,8,14H,3,7,13H2,1-2H3,(H,15,16). The zero-order valence-corrected chi connectivity index (χ0v) is 10.9. The maximum atomic E-state index is 10.7. The molecule has 0 amide bonds. The van der Waals surface area contributed by atoms with E-state index in [2.05, 4.69) is 19.2 Å². The van der Waals surface area contributed by atoms with Gasteiger partial charge in [0.1, 0.15) is 0 Å². The minimum atomic E-state index is -0.960. The molecular weight excluding hydrogens is 236 g/mol. The summed E-state index contributed by atoms with van der Waals surface area (Å²) in [6.07, 6.45) is 0. The number of nitrogen functional groups attached to an aromatic ring is 1. The van der Waals surface area contributed by atoms with Crippen LogP contribution in [0.15, 0.2) is 18.2 Å². The number of hydrogen-bond acceptors (Lipinski definition) is 4. The van der Waals surface area contributed by atoms with Crippen LogP contribution >= 0.6 is 11.8 Å². The molecule has 0 aromatic heterocycles. The van der Waals surface area contributed by atoms with E-state index in [-0.39, 0.29) is 5.56 Å². The second-order valence-electron chi connectivity index (χ2n) is 3.81. The third-order valence-electron chi connectivity index (χ3n) is 2.27. The summed E-state index contributed by atoms with van der Waals surface area (Å²) in [6.45, 7) is 4.20. The number of nitrogens with two attached hydrogens (primary N) is 1. The van der Waals surface area contributed by atoms with Crippen molar-refractivity contribution in [1.29, 1.82) is 0 Å². The topological polar surface area (TPSA) is 75.3 Å². The number of thioether (sulfide) groups is 1. The van der Waals surface area contributed by atoms with E-state index in [1.54, 1.807) is 12.1 Å². The maximum Gasteiger partial charge on any atom is 0.335 e. The summed E-state index contributed by atoms with van der Waals surface area (Å²) >= 11 is 1.85. The highest BCUT2D eigenvalue weighted by Crippen LogP contribution is 2.21. The van der Waals surface area contributed by atoms with Gasteiger partial charge in [-0.3, -0.25) is 0 Å². The number of nitrogens with one attached hydrogen (secondary N) is 1. The van der Waals surface area contributed by atoms with Crippen molar-refractivity contribution in [3.8, 4) is 0 Å². The summed E-state index contributed by atoms with van der Waals surface area (Å²) in [5.74, 6) is 1.12. The molecule has 0 saturated heterocycles. The average Bonchev–Trinajstić information content (AvgIpc) is 2.28. The molecule has 1 aromatic rings. The van der Waals surface area contributed by atoms with Gasteiger partial charge < -0.3 is 16.2 Å². The molecule has 1 unspecified atom stereocenters. The second-order valence-corrected chi connectivity index (χ2v) is 5.13. The lowest BCUT2D eigenvalue weighted by atomic mass is 10.1. The van der Waals surface area contributed by atoms with Crippen LogP contribution in [0.25, 0.3) is 0 Å². The van der Waals surface area contributed by atoms with E-state index in [1.807, 2.05) is 11.8 Å². The molecule has 0 spiro atoms. The van der Waals surface area contributed by atoms with Crippen LogP contribution in [0.1, 0.15) is 24.2 Å². The van der Waals surface area contributed by atoms with Gasteiger partial charge in [0.2, 0.25) is 0 Å². The van der Waals surface area contributed by atoms with Crippen molar-refractivity contribution in [2.45, 2.75) is 19.9 Å². The van der Waals surface area contributed by atoms with E-state index in [1.165, 1.54) is 6.07 Å². The van der Waals surface area contributed by atoms with Crippen molar-refractivity contribution in [3.63, 3.8) is 0 Å². The molecular formula is C12H18N2O2S. The molecule has 0 aliphatic rings. The molecule has 0 fully saturated rings. The first kappa shape index (κ1) is 13.7. The van der Waals surface area contributed by atoms with Crippen LogP contribution < -0.4 is 11.1 Å². The van der Waals surface area contributed by atoms with Crippen LogP contribution in [-0.4, -0.2) is 28.6 Å². The van der Waals surface area contributed by atoms with Crippen LogP contribution in [0.5, 0.6) is 0 Å². The van der Waals surface area contributed by atoms with Crippen molar-refractivity contribution in [2.75, 3.05) is 22.6 Å². The molecule has 0 heterocycles. The SMILES string of the molecule is CCSCC(C)Nc1ccc(C(=O)O)cc1N. The summed E-state index contributed by atoms with van der Waals surface area (Å²) in [4.78, 5) is 10.7. The largest absolute Gasteiger partial charge is 0.478 e. The number of carboxylic acid groups (broad SMARTS) is 1. The van der Waals surface area contributed by atoms with Crippen LogP contribution in [-0.2, 0) is 0 Å². The van der Waals surface area contributed by atoms with E-state index in [0.717, 1.165) is 17.2 Å². The Morgan fingerprint density at radius 3 is 2.82 bits per heavy atom. The van der Waals surface area contributed by atoms with Crippen molar-refractivity contribution < 1.29 is 9.90 Å². The fraction of sp³-hybridized carbons (Fsp3) is 0.417. The quantitative estimate of drug-likeness (QED) is 0.680. The molecule has 5 heteroatoms. The summed E-state index contributed by atoms with van der Waals surface area (Å²) in [6, 6.07) is 5.05. The van der Waals surface area contributed by atoms with Crippen molar-refractivity contribution in [3.05, 3.63) is 23.8 Å². The second kappa shape index (κ2) is 6.39. The lowest BCUT2D eigenvalue weighted by molar-refractivity contribution is 0.0697. The van der Waals surface area contributed by atoms with Gasteiger partial charge in [-0.05, 0) is 30.9 Å². The number of hydrogen-bond donors (Lipinski definition) is 3. The highest BCUT2D eigenvalue weighted by Gasteiger charge is 2.08. The fourth-order valence-corrected chi connectivity index (χ4v) is 2.10. The smallest absolute Gasteiger partial charge is 0.335 e. The highest BCUT2D eigenvalue weighted by atomic mass is 32.2. The molecule has 1 aromatic carbocycles. The van der Waals surface area contributed by atoms with Crippen LogP contribution in [0.3, 0.4) is 0 Å². The Balaban J connectivity index is 2.69. The van der Waals surface area contributed by atoms with E-state index >= 15 is 0 Å². The lowest BCUT2D eigenvalue weighted by Gasteiger charge is -2.16. The summed E-state index contributed by atoms with van der Waals surface area (Å²) < 4.78 is 0. The summed E-state index contributed by atoms with van der Waals surface area (Å²) in [7, 11) is 0. The van der Waals surface area contributed by atoms with Gasteiger partial charge in [0, 0.05) is 11.8 Å². The Hall–Kier alpha value is -1.36. The number of rotatable bonds is 6. The number of carboxylic acids is 1. The Morgan fingerprint density at radius 1 is 1.59 bits per heavy atom. The van der Waals surface area contributed by atoms with E-state index < -0.39 is 5.97 Å². The number of aromatic carboxylic acids is 1. The van der Waals surface area contributed by atoms with Crippen LogP contribution in [0, 0.1) is 0 Å². The summed E-state index contributed by atoms with van der Waals surface area (Å²) in [5, 5.41) is 12.1. The predicted octanol–water partition coefficient (Wildman–Crippen LogP) is 2.52. The van der Waals surface area contributed by atoms with Crippen LogP contribution in [0.2, 0.25) is 0 Å². The van der Waals surface area contributed by atoms with Crippen molar-refractivity contribution >= 4 is 29.1 Å². The molecule has 0 aliphatic carbocycles. The van der Waals surface area contributed by atoms with E-state index in [0.29, 0.717) is 11.7 Å². The Bertz CT molecular complexity index is 396. The molecule has 0 saturated carbocycles. The maximum absolute atomic E-state index is 10.7. The molecule has 0 radical (unpaired) electrons. The number of anilines is 2. The zero-order chi connectivity index (χ0) is 12.8. The molecule has 0 bridgehead atoms. The van der Waals surface area contributed by atoms with Gasteiger partial charge in [-0.25, -0.2) is 4.79 Å². The Morgan fingerprint density at radius 2 is 2.29 bits per heavy atom. The Kier molecular flexibility index (Phi) is 5.15. The average molecular weight is 254 g/mol. The molecule has 17 heavy (non-hydrogen) atoms. The monoisotopic (exact) mass is 254 g/mol. The minimum absolute atomic E-state index is 0.212. The van der Waals surface area contributed by atoms with Gasteiger partial charge in [-0.15, -0.1) is 0 Å². The normalized spacial score (nSPS) is 12.1. The number of carbonyl (C=O) groups is 1. The molecule has 4 N–H and O–H groups in total. The van der Waals surface area contributed by atoms with Gasteiger partial charge in [0.25, 0.3) is 0 Å². The summed E-state index contributed by atoms with van der Waals surface area (Å²) in [5.41, 5.74) is 7.28. The van der Waals surface area contributed by atoms with E-state index in [4.69, 9.17) is 10.8 Å². The van der Waals surface area contributed by atoms with E-state index in [9.17, 15) is 4.79 Å². The van der Waals surface area contributed by atoms with Crippen molar-refractivity contribution in [2.24, 2.45) is 0 Å². The van der Waals surface area contributed by atoms with Gasteiger partial charge in [0.15, 0.2) is 0 Å². The molecule has 1 rings (SSSR count). The first-order valence-corrected chi connectivity index (χ1v) is 6.67. The molecule has 94 valence electrons. The third-order valence-corrected chi connectivity index (χ3v) is 3.42. The fourth-order valence-electron chi connectivity index (χ4n) is 1.43.